The number of carbonyl (C=O) groups excluding carboxylic acids is 2. The summed E-state index contributed by atoms with van der Waals surface area (Å²) in [6.45, 7) is 8.64. The number of alkyl carbamates (subject to hydrolysis) is 1. The molecule has 2 amide bonds. The second kappa shape index (κ2) is 12.9. The minimum atomic E-state index is -3.84. The summed E-state index contributed by atoms with van der Waals surface area (Å²) in [6.07, 6.45) is -0.0193. The highest BCUT2D eigenvalue weighted by atomic mass is 35.6. The van der Waals surface area contributed by atoms with Gasteiger partial charge in [0, 0.05) is 31.7 Å². The van der Waals surface area contributed by atoms with E-state index in [1.807, 2.05) is 6.07 Å². The van der Waals surface area contributed by atoms with Crippen molar-refractivity contribution in [2.24, 2.45) is 4.99 Å². The summed E-state index contributed by atoms with van der Waals surface area (Å²) in [5, 5.41) is 23.9. The Morgan fingerprint density at radius 3 is 2.69 bits per heavy atom. The van der Waals surface area contributed by atoms with Crippen LogP contribution >= 0.6 is 34.8 Å². The molecule has 0 bridgehead atoms. The fourth-order valence-corrected chi connectivity index (χ4v) is 8.55. The van der Waals surface area contributed by atoms with Gasteiger partial charge in [0.2, 0.25) is 9.75 Å². The van der Waals surface area contributed by atoms with E-state index in [0.717, 1.165) is 24.8 Å². The van der Waals surface area contributed by atoms with Crippen LogP contribution in [0, 0.1) is 0 Å². The minimum Gasteiger partial charge on any atom is -0.492 e. The largest absolute Gasteiger partial charge is 0.492 e. The van der Waals surface area contributed by atoms with E-state index in [-0.39, 0.29) is 24.5 Å². The van der Waals surface area contributed by atoms with Crippen LogP contribution in [0.25, 0.3) is 0 Å². The van der Waals surface area contributed by atoms with Crippen molar-refractivity contribution >= 4 is 63.0 Å². The lowest BCUT2D eigenvalue weighted by molar-refractivity contribution is 0.0116. The van der Waals surface area contributed by atoms with Crippen molar-refractivity contribution < 1.29 is 32.6 Å². The van der Waals surface area contributed by atoms with E-state index >= 15 is 0 Å². The van der Waals surface area contributed by atoms with E-state index in [1.54, 1.807) is 17.0 Å². The van der Waals surface area contributed by atoms with Gasteiger partial charge in [-0.15, -0.1) is 0 Å². The third kappa shape index (κ3) is 6.60. The fraction of sp³-hybridized carbons (Fsp3) is 0.621. The van der Waals surface area contributed by atoms with E-state index in [4.69, 9.17) is 44.3 Å². The molecule has 0 aliphatic carbocycles. The maximum absolute atomic E-state index is 13.8. The van der Waals surface area contributed by atoms with Gasteiger partial charge < -0.3 is 35.4 Å². The van der Waals surface area contributed by atoms with Gasteiger partial charge in [0.05, 0.1) is 36.1 Å². The van der Waals surface area contributed by atoms with Gasteiger partial charge in [-0.25, -0.2) is 9.79 Å². The molecule has 0 unspecified atom stereocenters. The third-order valence-electron chi connectivity index (χ3n) is 9.48. The van der Waals surface area contributed by atoms with E-state index < -0.39 is 62.5 Å². The smallest absolute Gasteiger partial charge is 0.414 e. The minimum absolute atomic E-state index is 0.0253. The van der Waals surface area contributed by atoms with E-state index in [0.29, 0.717) is 36.8 Å². The van der Waals surface area contributed by atoms with Crippen LogP contribution in [0.2, 0.25) is 0 Å². The molecule has 15 nitrogen and oxygen atoms in total. The summed E-state index contributed by atoms with van der Waals surface area (Å²) < 4.78 is 39.3. The summed E-state index contributed by atoms with van der Waals surface area (Å²) in [7, 11) is -3.84. The topological polar surface area (TPSA) is 186 Å². The van der Waals surface area contributed by atoms with Gasteiger partial charge in [0.25, 0.3) is 16.1 Å². The molecule has 5 aliphatic heterocycles. The Hall–Kier alpha value is -2.73. The summed E-state index contributed by atoms with van der Waals surface area (Å²) in [5.41, 5.74) is -0.401. The second-order valence-corrected chi connectivity index (χ2v) is 17.4. The Morgan fingerprint density at radius 1 is 1.25 bits per heavy atom. The highest BCUT2D eigenvalue weighted by Crippen LogP contribution is 2.42. The van der Waals surface area contributed by atoms with Gasteiger partial charge in [0.1, 0.15) is 18.5 Å². The number of fused-ring (bicyclic) bond motifs is 1. The monoisotopic (exact) mass is 748 g/mol. The number of rotatable bonds is 7. The van der Waals surface area contributed by atoms with Crippen LogP contribution in [-0.4, -0.2) is 114 Å². The van der Waals surface area contributed by atoms with Gasteiger partial charge in [-0.2, -0.15) is 17.4 Å². The molecule has 1 spiro atoms. The molecule has 5 atom stereocenters. The maximum atomic E-state index is 13.8. The first kappa shape index (κ1) is 35.1. The molecular formula is C29H39Cl3N8O7S. The maximum Gasteiger partial charge on any atom is 0.414 e. The van der Waals surface area contributed by atoms with Crippen LogP contribution in [0.4, 0.5) is 4.79 Å². The first-order chi connectivity index (χ1) is 22.5. The zero-order valence-corrected chi connectivity index (χ0v) is 29.5. The number of aliphatic imine (C=N–C) groups is 1. The molecule has 5 aliphatic rings. The van der Waals surface area contributed by atoms with Crippen molar-refractivity contribution in [3.05, 3.63) is 41.7 Å². The summed E-state index contributed by atoms with van der Waals surface area (Å²) in [6, 6.07) is 2.85. The van der Waals surface area contributed by atoms with Crippen molar-refractivity contribution in [3.63, 3.8) is 0 Å². The molecule has 3 fully saturated rings. The van der Waals surface area contributed by atoms with Gasteiger partial charge in [0.15, 0.2) is 5.66 Å². The Kier molecular flexibility index (Phi) is 9.41. The standard InChI is InChI=1S/C29H39Cl3N8O7S/c1-16-34-22-19(13-33-48(44,45)39-10-4-5-11-39)36-25(37-26(43)47-15-28(30,31)32)40-14-20(23(41)29(22,40)38-16)35-24(42)17-7-6-8-18-21(17)46-12-9-27(18,2)3/h6-8,19-20,22-23,33-34,38,41H,1,4-5,9-15H2,2-3H3,(H,35,42)(H,36,37,43)/t19-,20-,22-,23-,29-/m0/s1. The zero-order valence-electron chi connectivity index (χ0n) is 26.4. The van der Waals surface area contributed by atoms with Crippen molar-refractivity contribution in [2.45, 2.75) is 72.2 Å². The molecule has 19 heteroatoms. The lowest BCUT2D eigenvalue weighted by Crippen LogP contribution is -2.74. The molecule has 6 rings (SSSR count). The predicted octanol–water partition coefficient (Wildman–Crippen LogP) is 1.02. The summed E-state index contributed by atoms with van der Waals surface area (Å²) in [5.74, 6) is 0.293. The van der Waals surface area contributed by atoms with Crippen LogP contribution in [0.1, 0.15) is 49.0 Å². The predicted molar refractivity (Wildman–Crippen MR) is 179 cm³/mol. The number of carbonyl (C=O) groups is 2. The molecule has 0 saturated carbocycles. The molecule has 48 heavy (non-hydrogen) atoms. The molecule has 0 aromatic heterocycles. The highest BCUT2D eigenvalue weighted by molar-refractivity contribution is 7.87. The molecule has 6 N–H and O–H groups in total. The molecule has 0 radical (unpaired) electrons. The van der Waals surface area contributed by atoms with Gasteiger partial charge >= 0.3 is 6.09 Å². The van der Waals surface area contributed by atoms with Gasteiger partial charge in [-0.1, -0.05) is 67.4 Å². The van der Waals surface area contributed by atoms with Crippen LogP contribution in [0.3, 0.4) is 0 Å². The van der Waals surface area contributed by atoms with Crippen molar-refractivity contribution in [2.75, 3.05) is 39.4 Å². The number of halogens is 3. The number of hydrogen-bond acceptors (Lipinski definition) is 11. The van der Waals surface area contributed by atoms with E-state index in [1.165, 1.54) is 4.31 Å². The number of alkyl halides is 3. The van der Waals surface area contributed by atoms with Crippen LogP contribution < -0.4 is 30.7 Å². The highest BCUT2D eigenvalue weighted by Gasteiger charge is 2.66. The quantitative estimate of drug-likeness (QED) is 0.220. The Bertz CT molecular complexity index is 1620. The van der Waals surface area contributed by atoms with Gasteiger partial charge in [-0.05, 0) is 30.7 Å². The van der Waals surface area contributed by atoms with E-state index in [2.05, 4.69) is 51.4 Å². The van der Waals surface area contributed by atoms with Crippen molar-refractivity contribution in [1.82, 2.24) is 35.2 Å². The van der Waals surface area contributed by atoms with Crippen LogP contribution in [0.15, 0.2) is 35.6 Å². The number of ether oxygens (including phenoxy) is 2. The Morgan fingerprint density at radius 2 is 1.98 bits per heavy atom. The van der Waals surface area contributed by atoms with Crippen molar-refractivity contribution in [1.29, 1.82) is 0 Å². The number of hydrogen-bond donors (Lipinski definition) is 6. The molecule has 1 aromatic rings. The summed E-state index contributed by atoms with van der Waals surface area (Å²) >= 11 is 17.3. The SMILES string of the molecule is C=C1N[C@H]2[C@H](CNS(=O)(=O)N3CCCC3)N=C(NC(=O)OCC(Cl)(Cl)Cl)N3C[C@H](NC(=O)c4cccc5c4OCCC5(C)C)[C@H](O)[C@]23N1. The molecular weight excluding hydrogens is 711 g/mol. The first-order valence-corrected chi connectivity index (χ1v) is 18.2. The van der Waals surface area contributed by atoms with E-state index in [9.17, 15) is 23.1 Å². The fourth-order valence-electron chi connectivity index (χ4n) is 7.08. The lowest BCUT2D eigenvalue weighted by atomic mass is 9.79. The van der Waals surface area contributed by atoms with Gasteiger partial charge in [-0.3, -0.25) is 10.1 Å². The molecule has 1 aromatic carbocycles. The summed E-state index contributed by atoms with van der Waals surface area (Å²) in [4.78, 5) is 33.0. The number of aliphatic hydroxyl groups is 1. The first-order valence-electron chi connectivity index (χ1n) is 15.6. The number of aliphatic hydroxyl groups excluding tert-OH is 1. The number of guanidine groups is 1. The number of nitrogens with zero attached hydrogens (tertiary/aromatic N) is 3. The number of amides is 2. The third-order valence-corrected chi connectivity index (χ3v) is 11.4. The Labute approximate surface area is 293 Å². The zero-order chi connectivity index (χ0) is 34.6. The number of para-hydroxylation sites is 1. The van der Waals surface area contributed by atoms with Crippen LogP contribution in [-0.2, 0) is 20.4 Å². The normalized spacial score (nSPS) is 29.4. The number of nitrogens with one attached hydrogen (secondary N) is 5. The van der Waals surface area contributed by atoms with Crippen molar-refractivity contribution in [3.8, 4) is 5.75 Å². The molecule has 5 heterocycles. The second-order valence-electron chi connectivity index (χ2n) is 13.1. The lowest BCUT2D eigenvalue weighted by Gasteiger charge is -2.47. The average molecular weight is 750 g/mol. The average Bonchev–Trinajstić information content (AvgIpc) is 3.74. The number of benzene rings is 1. The molecule has 264 valence electrons. The molecule has 3 saturated heterocycles. The van der Waals surface area contributed by atoms with Crippen LogP contribution in [0.5, 0.6) is 5.75 Å². The Balaban J connectivity index is 1.30.